The zero-order valence-corrected chi connectivity index (χ0v) is 26.1. The number of aromatic hydroxyl groups is 1. The van der Waals surface area contributed by atoms with E-state index in [-0.39, 0.29) is 30.2 Å². The molecule has 13 nitrogen and oxygen atoms in total. The first-order valence-electron chi connectivity index (χ1n) is 14.6. The summed E-state index contributed by atoms with van der Waals surface area (Å²) in [7, 11) is 0. The van der Waals surface area contributed by atoms with Crippen molar-refractivity contribution in [3.63, 3.8) is 0 Å². The molecule has 2 aromatic heterocycles. The Bertz CT molecular complexity index is 1730. The molecular formula is C32H33N7O6S. The Kier molecular flexibility index (Phi) is 9.86. The van der Waals surface area contributed by atoms with Crippen molar-refractivity contribution in [2.24, 2.45) is 5.92 Å². The van der Waals surface area contributed by atoms with Gasteiger partial charge in [-0.1, -0.05) is 26.0 Å². The van der Waals surface area contributed by atoms with Gasteiger partial charge >= 0.3 is 0 Å². The number of ether oxygens (including phenoxy) is 1. The molecule has 4 bridgehead atoms. The van der Waals surface area contributed by atoms with Crippen LogP contribution in [0.5, 0.6) is 17.2 Å². The van der Waals surface area contributed by atoms with Gasteiger partial charge in [0.1, 0.15) is 35.4 Å². The van der Waals surface area contributed by atoms with E-state index in [4.69, 9.17) is 4.74 Å². The van der Waals surface area contributed by atoms with Crippen molar-refractivity contribution in [3.8, 4) is 28.1 Å². The van der Waals surface area contributed by atoms with Crippen LogP contribution in [0.2, 0.25) is 0 Å². The van der Waals surface area contributed by atoms with Gasteiger partial charge in [0.15, 0.2) is 10.8 Å². The lowest BCUT2D eigenvalue weighted by Gasteiger charge is -2.25. The van der Waals surface area contributed by atoms with Crippen LogP contribution in [0.15, 0.2) is 66.3 Å². The van der Waals surface area contributed by atoms with Crippen molar-refractivity contribution in [2.75, 3.05) is 0 Å². The van der Waals surface area contributed by atoms with Crippen molar-refractivity contribution in [2.45, 2.75) is 51.9 Å². The number of rotatable bonds is 5. The van der Waals surface area contributed by atoms with Crippen molar-refractivity contribution in [1.29, 1.82) is 0 Å². The molecule has 0 spiro atoms. The minimum atomic E-state index is -1.04. The quantitative estimate of drug-likeness (QED) is 0.204. The van der Waals surface area contributed by atoms with Crippen LogP contribution in [0.3, 0.4) is 0 Å². The summed E-state index contributed by atoms with van der Waals surface area (Å²) in [5.74, 6) is -1.75. The predicted molar refractivity (Wildman–Crippen MR) is 169 cm³/mol. The number of hydrogen-bond acceptors (Lipinski definition) is 10. The number of hydrogen-bond donors (Lipinski definition) is 5. The van der Waals surface area contributed by atoms with E-state index in [1.54, 1.807) is 62.0 Å². The Hall–Kier alpha value is -5.37. The second-order valence-electron chi connectivity index (χ2n) is 11.0. The fourth-order valence-corrected chi connectivity index (χ4v) is 5.42. The third-order valence-electron chi connectivity index (χ3n) is 7.18. The van der Waals surface area contributed by atoms with Crippen LogP contribution in [0.4, 0.5) is 0 Å². The fourth-order valence-electron chi connectivity index (χ4n) is 4.66. The van der Waals surface area contributed by atoms with Crippen LogP contribution in [0.25, 0.3) is 10.8 Å². The second-order valence-corrected chi connectivity index (χ2v) is 11.9. The number of nitrogens with one attached hydrogen (secondary N) is 4. The lowest BCUT2D eigenvalue weighted by Crippen LogP contribution is -2.57. The van der Waals surface area contributed by atoms with Crippen LogP contribution < -0.4 is 26.0 Å². The molecule has 0 saturated carbocycles. The highest BCUT2D eigenvalue weighted by molar-refractivity contribution is 7.13. The number of benzene rings is 2. The Morgan fingerprint density at radius 1 is 1.02 bits per heavy atom. The highest BCUT2D eigenvalue weighted by Gasteiger charge is 2.30. The zero-order valence-electron chi connectivity index (χ0n) is 25.3. The van der Waals surface area contributed by atoms with Crippen LogP contribution in [0.1, 0.15) is 42.4 Å². The van der Waals surface area contributed by atoms with Crippen molar-refractivity contribution in [1.82, 2.24) is 36.2 Å². The van der Waals surface area contributed by atoms with E-state index < -0.39 is 41.8 Å². The summed E-state index contributed by atoms with van der Waals surface area (Å²) in [4.78, 5) is 66.0. The monoisotopic (exact) mass is 643 g/mol. The van der Waals surface area contributed by atoms with Gasteiger partial charge in [0, 0.05) is 24.2 Å². The van der Waals surface area contributed by atoms with Crippen molar-refractivity contribution < 1.29 is 29.0 Å². The molecular weight excluding hydrogens is 610 g/mol. The van der Waals surface area contributed by atoms with Gasteiger partial charge < -0.3 is 31.1 Å². The molecule has 0 radical (unpaired) electrons. The molecule has 6 rings (SSSR count). The number of carbonyl (C=O) groups excluding carboxylic acids is 4. The molecule has 0 aliphatic carbocycles. The van der Waals surface area contributed by atoms with Gasteiger partial charge in [-0.2, -0.15) is 0 Å². The Balaban J connectivity index is 1.38. The van der Waals surface area contributed by atoms with E-state index in [2.05, 4.69) is 36.2 Å². The van der Waals surface area contributed by atoms with Crippen LogP contribution >= 0.6 is 11.3 Å². The lowest BCUT2D eigenvalue weighted by atomic mass is 10.0. The van der Waals surface area contributed by atoms with E-state index >= 15 is 0 Å². The Morgan fingerprint density at radius 3 is 2.46 bits per heavy atom. The summed E-state index contributed by atoms with van der Waals surface area (Å²) in [6, 6.07) is 9.78. The third kappa shape index (κ3) is 7.82. The van der Waals surface area contributed by atoms with Gasteiger partial charge in [-0.05, 0) is 54.8 Å². The maximum Gasteiger partial charge on any atom is 0.255 e. The van der Waals surface area contributed by atoms with Gasteiger partial charge in [0.2, 0.25) is 17.7 Å². The molecule has 2 aliphatic rings. The van der Waals surface area contributed by atoms with Crippen LogP contribution in [0, 0.1) is 5.92 Å². The number of phenols is 1. The van der Waals surface area contributed by atoms with Gasteiger partial charge in [0.05, 0.1) is 17.8 Å². The first kappa shape index (κ1) is 32.0. The lowest BCUT2D eigenvalue weighted by molar-refractivity contribution is -0.132. The average molecular weight is 644 g/mol. The van der Waals surface area contributed by atoms with E-state index in [0.29, 0.717) is 28.0 Å². The molecule has 5 N–H and O–H groups in total. The fraction of sp³-hybridized carbons (Fsp3) is 0.281. The molecule has 0 saturated heterocycles. The van der Waals surface area contributed by atoms with Gasteiger partial charge in [-0.3, -0.25) is 19.2 Å². The molecule has 2 aromatic carbocycles. The zero-order chi connectivity index (χ0) is 32.8. The van der Waals surface area contributed by atoms with Gasteiger partial charge in [-0.15, -0.1) is 11.3 Å². The van der Waals surface area contributed by atoms with Crippen LogP contribution in [-0.4, -0.2) is 61.8 Å². The Labute approximate surface area is 268 Å². The smallest absolute Gasteiger partial charge is 0.255 e. The second kappa shape index (κ2) is 14.2. The number of thiazole rings is 1. The molecule has 0 unspecified atom stereocenters. The number of amides is 4. The van der Waals surface area contributed by atoms with Crippen LogP contribution in [-0.2, 0) is 27.3 Å². The average Bonchev–Trinajstić information content (AvgIpc) is 3.52. The number of phenolic OH excluding ortho intramolecular Hbond substituents is 1. The van der Waals surface area contributed by atoms with E-state index in [1.165, 1.54) is 36.5 Å². The minimum Gasteiger partial charge on any atom is -0.507 e. The van der Waals surface area contributed by atoms with E-state index in [1.807, 2.05) is 0 Å². The number of fused-ring (bicyclic) bond motifs is 11. The molecule has 2 aliphatic heterocycles. The summed E-state index contributed by atoms with van der Waals surface area (Å²) in [5, 5.41) is 23.7. The highest BCUT2D eigenvalue weighted by Crippen LogP contribution is 2.28. The standard InChI is InChI=1S/C32H33N7O6S/c1-17(2)26-31(44)36-18(3)28(41)38-24(30(43)35-15-20-16-46-32(37-20)27-33-11-4-12-34-27)13-19-5-7-21(8-6-19)45-22-9-10-25(40)23(14-22)29(42)39-26/h4-12,14,16-18,24,26,40H,13,15H2,1-3H3,(H,35,43)(H,36,44)(H,38,41)(H,39,42)/t18-,24-,26-/m0/s1. The molecule has 4 heterocycles. The Morgan fingerprint density at radius 2 is 1.74 bits per heavy atom. The third-order valence-corrected chi connectivity index (χ3v) is 8.07. The summed E-state index contributed by atoms with van der Waals surface area (Å²) in [6.45, 7) is 5.08. The molecule has 0 fully saturated rings. The maximum atomic E-state index is 13.4. The molecule has 238 valence electrons. The minimum absolute atomic E-state index is 0.0735. The topological polar surface area (TPSA) is 185 Å². The summed E-state index contributed by atoms with van der Waals surface area (Å²) in [6.07, 6.45) is 3.39. The molecule has 46 heavy (non-hydrogen) atoms. The first-order valence-corrected chi connectivity index (χ1v) is 15.5. The highest BCUT2D eigenvalue weighted by atomic mass is 32.1. The molecule has 4 aromatic rings. The first-order chi connectivity index (χ1) is 22.1. The predicted octanol–water partition coefficient (Wildman–Crippen LogP) is 2.71. The maximum absolute atomic E-state index is 13.4. The number of nitrogens with zero attached hydrogens (tertiary/aromatic N) is 3. The van der Waals surface area contributed by atoms with E-state index in [9.17, 15) is 24.3 Å². The largest absolute Gasteiger partial charge is 0.507 e. The normalized spacial score (nSPS) is 18.9. The van der Waals surface area contributed by atoms with Gasteiger partial charge in [0.25, 0.3) is 5.91 Å². The molecule has 3 atom stereocenters. The molecule has 4 amide bonds. The van der Waals surface area contributed by atoms with Crippen molar-refractivity contribution in [3.05, 3.63) is 83.1 Å². The van der Waals surface area contributed by atoms with Gasteiger partial charge in [-0.25, -0.2) is 15.0 Å². The summed E-state index contributed by atoms with van der Waals surface area (Å²) in [5.41, 5.74) is 1.26. The molecule has 14 heteroatoms. The number of carbonyl (C=O) groups is 4. The summed E-state index contributed by atoms with van der Waals surface area (Å²) < 4.78 is 5.91. The number of aromatic nitrogens is 3. The summed E-state index contributed by atoms with van der Waals surface area (Å²) >= 11 is 1.35. The SMILES string of the molecule is CC(C)[C@@H]1NC(=O)c2cc(ccc2O)Oc2ccc(cc2)C[C@@H](C(=O)NCc2csc(-c3ncccn3)n2)NC(=O)[C@H](C)NC1=O. The van der Waals surface area contributed by atoms with Crippen molar-refractivity contribution >= 4 is 35.0 Å². The van der Waals surface area contributed by atoms with E-state index in [0.717, 1.165) is 5.56 Å².